The molecular formula is C39H35P. The van der Waals surface area contributed by atoms with Gasteiger partial charge >= 0.3 is 0 Å². The summed E-state index contributed by atoms with van der Waals surface area (Å²) in [4.78, 5) is 0. The average Bonchev–Trinajstić information content (AvgIpc) is 3.01. The highest BCUT2D eigenvalue weighted by molar-refractivity contribution is 7.18. The number of rotatable bonds is 5. The Morgan fingerprint density at radius 2 is 1.15 bits per heavy atom. The van der Waals surface area contributed by atoms with Crippen molar-refractivity contribution in [3.8, 4) is 22.3 Å². The zero-order valence-electron chi connectivity index (χ0n) is 23.4. The van der Waals surface area contributed by atoms with Gasteiger partial charge in [0, 0.05) is 5.16 Å². The molecule has 0 aromatic heterocycles. The predicted molar refractivity (Wildman–Crippen MR) is 179 cm³/mol. The van der Waals surface area contributed by atoms with Gasteiger partial charge in [-0.3, -0.25) is 0 Å². The third-order valence-corrected chi connectivity index (χ3v) is 10.3. The van der Waals surface area contributed by atoms with Gasteiger partial charge in [0.05, 0.1) is 0 Å². The van der Waals surface area contributed by atoms with Gasteiger partial charge in [0.15, 0.2) is 0 Å². The standard InChI is InChI=1S/C39H35P/c1-3-39(40,4-2)32-24-30(37-33-17-9-5-13-26(33)21-27-14-6-10-18-34(27)37)23-31(25-32)38-35-19-11-7-15-28(35)22-29-16-8-12-20-36(29)38/h5-11,13-19,21-25H,3-4,12,20,40H2,1-2H3. The molecule has 196 valence electrons. The molecule has 0 amide bonds. The minimum Gasteiger partial charge on any atom is -0.126 e. The maximum Gasteiger partial charge on any atom is 0.00927 e. The molecule has 1 aliphatic rings. The van der Waals surface area contributed by atoms with Gasteiger partial charge in [-0.15, -0.1) is 9.24 Å². The molecule has 0 spiro atoms. The van der Waals surface area contributed by atoms with Gasteiger partial charge < -0.3 is 0 Å². The summed E-state index contributed by atoms with van der Waals surface area (Å²) in [6.45, 7) is 4.64. The normalized spacial score (nSPS) is 13.3. The third kappa shape index (κ3) is 4.09. The fourth-order valence-corrected chi connectivity index (χ4v) is 6.95. The van der Waals surface area contributed by atoms with Crippen molar-refractivity contribution in [2.45, 2.75) is 44.7 Å². The predicted octanol–water partition coefficient (Wildman–Crippen LogP) is 11.3. The van der Waals surface area contributed by atoms with Gasteiger partial charge in [0.1, 0.15) is 0 Å². The van der Waals surface area contributed by atoms with E-state index in [1.165, 1.54) is 71.3 Å². The van der Waals surface area contributed by atoms with Crippen LogP contribution in [0.15, 0.2) is 109 Å². The first-order valence-electron chi connectivity index (χ1n) is 14.7. The van der Waals surface area contributed by atoms with Crippen molar-refractivity contribution < 1.29 is 0 Å². The van der Waals surface area contributed by atoms with Crippen molar-refractivity contribution in [3.05, 3.63) is 126 Å². The minimum atomic E-state index is 0.0235. The second-order valence-corrected chi connectivity index (χ2v) is 12.4. The minimum absolute atomic E-state index is 0.0235. The molecule has 1 atom stereocenters. The topological polar surface area (TPSA) is 0 Å². The Morgan fingerprint density at radius 1 is 0.625 bits per heavy atom. The van der Waals surface area contributed by atoms with Crippen LogP contribution in [0.25, 0.3) is 60.6 Å². The van der Waals surface area contributed by atoms with Gasteiger partial charge in [-0.05, 0) is 115 Å². The van der Waals surface area contributed by atoms with Crippen LogP contribution < -0.4 is 0 Å². The van der Waals surface area contributed by atoms with Gasteiger partial charge in [0.25, 0.3) is 0 Å². The smallest absolute Gasteiger partial charge is 0.00927 e. The molecule has 0 saturated carbocycles. The summed E-state index contributed by atoms with van der Waals surface area (Å²) >= 11 is 0. The molecule has 0 aliphatic heterocycles. The third-order valence-electron chi connectivity index (χ3n) is 9.17. The van der Waals surface area contributed by atoms with E-state index in [9.17, 15) is 0 Å². The summed E-state index contributed by atoms with van der Waals surface area (Å²) in [7, 11) is 3.23. The lowest BCUT2D eigenvalue weighted by Gasteiger charge is -2.29. The number of fused-ring (bicyclic) bond motifs is 4. The molecule has 7 rings (SSSR count). The molecule has 1 unspecified atom stereocenters. The molecule has 0 saturated heterocycles. The SMILES string of the molecule is CCC(P)(CC)c1cc(-c2c3c(cc4ccccc24)C=CCC3)cc(-c2c3ccccc3cc3ccccc23)c1. The Balaban J connectivity index is 1.62. The summed E-state index contributed by atoms with van der Waals surface area (Å²) in [6.07, 6.45) is 8.97. The molecular weight excluding hydrogens is 499 g/mol. The molecule has 1 heteroatoms. The molecule has 6 aromatic carbocycles. The van der Waals surface area contributed by atoms with Crippen LogP contribution >= 0.6 is 9.24 Å². The second-order valence-electron chi connectivity index (χ2n) is 11.3. The average molecular weight is 535 g/mol. The Kier molecular flexibility index (Phi) is 6.33. The number of allylic oxidation sites excluding steroid dienone is 1. The number of benzene rings is 6. The Labute approximate surface area is 240 Å². The van der Waals surface area contributed by atoms with Crippen molar-refractivity contribution >= 4 is 47.6 Å². The second kappa shape index (κ2) is 10.0. The van der Waals surface area contributed by atoms with Gasteiger partial charge in [0.2, 0.25) is 0 Å². The molecule has 0 radical (unpaired) electrons. The Morgan fingerprint density at radius 3 is 1.75 bits per heavy atom. The first-order chi connectivity index (χ1) is 19.6. The quantitative estimate of drug-likeness (QED) is 0.152. The van der Waals surface area contributed by atoms with E-state index in [2.05, 4.69) is 138 Å². The first kappa shape index (κ1) is 25.3. The highest BCUT2D eigenvalue weighted by Gasteiger charge is 2.26. The van der Waals surface area contributed by atoms with Crippen molar-refractivity contribution in [1.29, 1.82) is 0 Å². The fourth-order valence-electron chi connectivity index (χ4n) is 6.78. The van der Waals surface area contributed by atoms with Crippen LogP contribution in [-0.2, 0) is 11.6 Å². The fraction of sp³-hybridized carbons (Fsp3) is 0.179. The number of hydrogen-bond acceptors (Lipinski definition) is 0. The summed E-state index contributed by atoms with van der Waals surface area (Å²) < 4.78 is 0. The van der Waals surface area contributed by atoms with Crippen molar-refractivity contribution in [1.82, 2.24) is 0 Å². The van der Waals surface area contributed by atoms with Crippen LogP contribution in [0, 0.1) is 0 Å². The molecule has 0 heterocycles. The van der Waals surface area contributed by atoms with Gasteiger partial charge in [-0.25, -0.2) is 0 Å². The van der Waals surface area contributed by atoms with Crippen LogP contribution in [0.4, 0.5) is 0 Å². The number of hydrogen-bond donors (Lipinski definition) is 0. The lowest BCUT2D eigenvalue weighted by atomic mass is 9.81. The Hall–Kier alpha value is -3.73. The first-order valence-corrected chi connectivity index (χ1v) is 15.2. The van der Waals surface area contributed by atoms with Gasteiger partial charge in [-0.1, -0.05) is 111 Å². The van der Waals surface area contributed by atoms with Gasteiger partial charge in [-0.2, -0.15) is 0 Å². The molecule has 0 fully saturated rings. The van der Waals surface area contributed by atoms with Crippen LogP contribution in [0.3, 0.4) is 0 Å². The van der Waals surface area contributed by atoms with E-state index < -0.39 is 0 Å². The van der Waals surface area contributed by atoms with Crippen molar-refractivity contribution in [2.75, 3.05) is 0 Å². The maximum absolute atomic E-state index is 3.23. The Bertz CT molecular complexity index is 1880. The van der Waals surface area contributed by atoms with E-state index in [-0.39, 0.29) is 5.16 Å². The molecule has 6 aromatic rings. The lowest BCUT2D eigenvalue weighted by molar-refractivity contribution is 0.579. The molecule has 0 bridgehead atoms. The van der Waals surface area contributed by atoms with Crippen LogP contribution in [-0.4, -0.2) is 0 Å². The van der Waals surface area contributed by atoms with Crippen LogP contribution in [0.1, 0.15) is 49.8 Å². The highest BCUT2D eigenvalue weighted by atomic mass is 31.0. The van der Waals surface area contributed by atoms with Crippen molar-refractivity contribution in [2.24, 2.45) is 0 Å². The van der Waals surface area contributed by atoms with E-state index in [1.54, 1.807) is 0 Å². The molecule has 1 aliphatic carbocycles. The maximum atomic E-state index is 3.23. The largest absolute Gasteiger partial charge is 0.126 e. The van der Waals surface area contributed by atoms with E-state index in [1.807, 2.05) is 0 Å². The van der Waals surface area contributed by atoms with E-state index in [0.717, 1.165) is 25.7 Å². The summed E-state index contributed by atoms with van der Waals surface area (Å²) in [6, 6.07) is 38.9. The van der Waals surface area contributed by atoms with E-state index >= 15 is 0 Å². The highest BCUT2D eigenvalue weighted by Crippen LogP contribution is 2.46. The molecule has 0 N–H and O–H groups in total. The van der Waals surface area contributed by atoms with Crippen LogP contribution in [0.5, 0.6) is 0 Å². The molecule has 40 heavy (non-hydrogen) atoms. The lowest BCUT2D eigenvalue weighted by Crippen LogP contribution is -2.15. The summed E-state index contributed by atoms with van der Waals surface area (Å²) in [5, 5.41) is 7.90. The summed E-state index contributed by atoms with van der Waals surface area (Å²) in [5.74, 6) is 0. The zero-order chi connectivity index (χ0) is 27.3. The summed E-state index contributed by atoms with van der Waals surface area (Å²) in [5.41, 5.74) is 9.64. The van der Waals surface area contributed by atoms with E-state index in [0.29, 0.717) is 0 Å². The monoisotopic (exact) mass is 534 g/mol. The molecule has 0 nitrogen and oxygen atoms in total. The van der Waals surface area contributed by atoms with E-state index in [4.69, 9.17) is 0 Å². The zero-order valence-corrected chi connectivity index (χ0v) is 24.5. The van der Waals surface area contributed by atoms with Crippen LogP contribution in [0.2, 0.25) is 0 Å². The van der Waals surface area contributed by atoms with Crippen molar-refractivity contribution in [3.63, 3.8) is 0 Å².